The van der Waals surface area contributed by atoms with Crippen LogP contribution in [-0.2, 0) is 16.0 Å². The zero-order chi connectivity index (χ0) is 19.1. The molecule has 1 saturated carbocycles. The molecule has 0 radical (unpaired) electrons. The lowest BCUT2D eigenvalue weighted by Gasteiger charge is -2.31. The Morgan fingerprint density at radius 2 is 1.96 bits per heavy atom. The molecule has 0 aromatic heterocycles. The summed E-state index contributed by atoms with van der Waals surface area (Å²) >= 11 is 0. The van der Waals surface area contributed by atoms with Gasteiger partial charge in [-0.15, -0.1) is 0 Å². The second-order valence-electron chi connectivity index (χ2n) is 7.60. The zero-order valence-corrected chi connectivity index (χ0v) is 16.1. The number of aromatic hydroxyl groups is 1. The van der Waals surface area contributed by atoms with E-state index in [4.69, 9.17) is 9.47 Å². The largest absolute Gasteiger partial charge is 0.504 e. The molecule has 1 aromatic rings. The number of methoxy groups -OCH3 is 1. The zero-order valence-electron chi connectivity index (χ0n) is 16.1. The predicted molar refractivity (Wildman–Crippen MR) is 100 cm³/mol. The topological polar surface area (TPSA) is 76.0 Å². The Morgan fingerprint density at radius 1 is 1.27 bits per heavy atom. The fourth-order valence-corrected chi connectivity index (χ4v) is 3.80. The molecule has 2 rings (SSSR count). The van der Waals surface area contributed by atoms with Crippen LogP contribution in [-0.4, -0.2) is 35.5 Å². The molecule has 1 aromatic carbocycles. The molecule has 146 valence electrons. The van der Waals surface area contributed by atoms with Gasteiger partial charge in [0.15, 0.2) is 11.5 Å². The van der Waals surface area contributed by atoms with Crippen LogP contribution in [0.3, 0.4) is 0 Å². The second-order valence-corrected chi connectivity index (χ2v) is 7.60. The highest BCUT2D eigenvalue weighted by molar-refractivity contribution is 5.66. The van der Waals surface area contributed by atoms with Crippen molar-refractivity contribution in [2.24, 2.45) is 11.8 Å². The standard InChI is InChI=1S/C21H32O5/c1-14-4-8-17(9-5-14)20(24)13-18(26-15(2)22)10-6-16-7-11-19(23)21(12-16)25-3/h7,11-12,14,17-18,20,23-24H,4-6,8-10,13H2,1-3H3/t14?,17?,18-,20-/m1/s1. The molecule has 0 unspecified atom stereocenters. The van der Waals surface area contributed by atoms with Crippen molar-refractivity contribution >= 4 is 5.97 Å². The number of hydrogen-bond donors (Lipinski definition) is 2. The van der Waals surface area contributed by atoms with Crippen LogP contribution in [0.25, 0.3) is 0 Å². The first-order valence-corrected chi connectivity index (χ1v) is 9.60. The molecule has 5 nitrogen and oxygen atoms in total. The number of aliphatic hydroxyl groups is 1. The van der Waals surface area contributed by atoms with Gasteiger partial charge in [0.2, 0.25) is 0 Å². The average molecular weight is 364 g/mol. The predicted octanol–water partition coefficient (Wildman–Crippen LogP) is 3.84. The molecule has 2 atom stereocenters. The van der Waals surface area contributed by atoms with Crippen LogP contribution in [0.2, 0.25) is 0 Å². The maximum Gasteiger partial charge on any atom is 0.302 e. The van der Waals surface area contributed by atoms with E-state index >= 15 is 0 Å². The van der Waals surface area contributed by atoms with Gasteiger partial charge < -0.3 is 19.7 Å². The van der Waals surface area contributed by atoms with Gasteiger partial charge in [-0.2, -0.15) is 0 Å². The van der Waals surface area contributed by atoms with Crippen LogP contribution in [0.15, 0.2) is 18.2 Å². The minimum atomic E-state index is -0.429. The molecule has 0 amide bonds. The number of carbonyl (C=O) groups is 1. The summed E-state index contributed by atoms with van der Waals surface area (Å²) < 4.78 is 10.6. The Bertz CT molecular complexity index is 578. The number of rotatable bonds is 8. The fraction of sp³-hybridized carbons (Fsp3) is 0.667. The van der Waals surface area contributed by atoms with Gasteiger partial charge in [-0.3, -0.25) is 4.79 Å². The van der Waals surface area contributed by atoms with Crippen LogP contribution in [0.5, 0.6) is 11.5 Å². The lowest BCUT2D eigenvalue weighted by atomic mass is 9.79. The van der Waals surface area contributed by atoms with Gasteiger partial charge in [-0.1, -0.05) is 25.8 Å². The molecule has 0 aliphatic heterocycles. The number of phenols is 1. The molecule has 5 heteroatoms. The molecule has 26 heavy (non-hydrogen) atoms. The van der Waals surface area contributed by atoms with Gasteiger partial charge in [0.25, 0.3) is 0 Å². The number of phenolic OH excluding ortho intramolecular Hbond substituents is 1. The minimum absolute atomic E-state index is 0.106. The quantitative estimate of drug-likeness (QED) is 0.686. The Labute approximate surface area is 156 Å². The highest BCUT2D eigenvalue weighted by Crippen LogP contribution is 2.33. The van der Waals surface area contributed by atoms with Crippen molar-refractivity contribution in [3.8, 4) is 11.5 Å². The van der Waals surface area contributed by atoms with Crippen molar-refractivity contribution in [1.29, 1.82) is 0 Å². The molecule has 0 bridgehead atoms. The fourth-order valence-electron chi connectivity index (χ4n) is 3.80. The SMILES string of the molecule is COc1cc(CC[C@H](C[C@@H](O)C2CCC(C)CC2)OC(C)=O)ccc1O. The van der Waals surface area contributed by atoms with E-state index in [-0.39, 0.29) is 17.8 Å². The Morgan fingerprint density at radius 3 is 2.58 bits per heavy atom. The molecule has 0 heterocycles. The third kappa shape index (κ3) is 6.20. The summed E-state index contributed by atoms with van der Waals surface area (Å²) in [5, 5.41) is 20.3. The number of aryl methyl sites for hydroxylation is 1. The Kier molecular flexibility index (Phi) is 7.76. The van der Waals surface area contributed by atoms with Crippen molar-refractivity contribution in [1.82, 2.24) is 0 Å². The number of aliphatic hydroxyl groups excluding tert-OH is 1. The van der Waals surface area contributed by atoms with Crippen molar-refractivity contribution < 1.29 is 24.5 Å². The first kappa shape index (κ1) is 20.6. The van der Waals surface area contributed by atoms with Crippen LogP contribution >= 0.6 is 0 Å². The van der Waals surface area contributed by atoms with E-state index in [1.54, 1.807) is 12.1 Å². The molecular weight excluding hydrogens is 332 g/mol. The number of hydrogen-bond acceptors (Lipinski definition) is 5. The maximum absolute atomic E-state index is 11.5. The first-order valence-electron chi connectivity index (χ1n) is 9.60. The summed E-state index contributed by atoms with van der Waals surface area (Å²) in [6, 6.07) is 5.23. The van der Waals surface area contributed by atoms with E-state index in [0.717, 1.165) is 37.2 Å². The summed E-state index contributed by atoms with van der Waals surface area (Å²) in [4.78, 5) is 11.5. The third-order valence-corrected chi connectivity index (χ3v) is 5.44. The van der Waals surface area contributed by atoms with Crippen LogP contribution in [0.1, 0.15) is 57.9 Å². The first-order chi connectivity index (χ1) is 12.4. The summed E-state index contributed by atoms with van der Waals surface area (Å²) in [5.41, 5.74) is 0.998. The van der Waals surface area contributed by atoms with Crippen molar-refractivity contribution in [2.75, 3.05) is 7.11 Å². The van der Waals surface area contributed by atoms with Gasteiger partial charge in [-0.05, 0) is 55.2 Å². The van der Waals surface area contributed by atoms with Gasteiger partial charge in [-0.25, -0.2) is 0 Å². The molecule has 1 aliphatic rings. The molecule has 0 spiro atoms. The molecular formula is C21H32O5. The third-order valence-electron chi connectivity index (χ3n) is 5.44. The van der Waals surface area contributed by atoms with Gasteiger partial charge in [0, 0.05) is 13.3 Å². The van der Waals surface area contributed by atoms with Crippen LogP contribution in [0, 0.1) is 11.8 Å². The highest BCUT2D eigenvalue weighted by Gasteiger charge is 2.27. The van der Waals surface area contributed by atoms with Crippen LogP contribution in [0.4, 0.5) is 0 Å². The summed E-state index contributed by atoms with van der Waals surface area (Å²) in [5.74, 6) is 1.27. The average Bonchev–Trinajstić information content (AvgIpc) is 2.60. The van der Waals surface area contributed by atoms with Gasteiger partial charge >= 0.3 is 5.97 Å². The van der Waals surface area contributed by atoms with E-state index in [1.807, 2.05) is 6.07 Å². The highest BCUT2D eigenvalue weighted by atomic mass is 16.5. The van der Waals surface area contributed by atoms with E-state index in [0.29, 0.717) is 30.9 Å². The number of carbonyl (C=O) groups excluding carboxylic acids is 1. The van der Waals surface area contributed by atoms with E-state index in [9.17, 15) is 15.0 Å². The lowest BCUT2D eigenvalue weighted by Crippen LogP contribution is -2.31. The molecule has 1 aliphatic carbocycles. The molecule has 1 fully saturated rings. The van der Waals surface area contributed by atoms with E-state index < -0.39 is 6.10 Å². The Balaban J connectivity index is 1.93. The van der Waals surface area contributed by atoms with Crippen LogP contribution < -0.4 is 4.74 Å². The lowest BCUT2D eigenvalue weighted by molar-refractivity contribution is -0.148. The minimum Gasteiger partial charge on any atom is -0.504 e. The molecule has 0 saturated heterocycles. The second kappa shape index (κ2) is 9.81. The summed E-state index contributed by atoms with van der Waals surface area (Å²) in [6.07, 6.45) is 5.47. The number of ether oxygens (including phenoxy) is 2. The smallest absolute Gasteiger partial charge is 0.302 e. The van der Waals surface area contributed by atoms with Crippen molar-refractivity contribution in [2.45, 2.75) is 71.0 Å². The summed E-state index contributed by atoms with van der Waals surface area (Å²) in [7, 11) is 1.52. The van der Waals surface area contributed by atoms with Crippen molar-refractivity contribution in [3.63, 3.8) is 0 Å². The number of esters is 1. The monoisotopic (exact) mass is 364 g/mol. The summed E-state index contributed by atoms with van der Waals surface area (Å²) in [6.45, 7) is 3.67. The Hall–Kier alpha value is -1.75. The van der Waals surface area contributed by atoms with E-state index in [2.05, 4.69) is 6.92 Å². The number of benzene rings is 1. The van der Waals surface area contributed by atoms with Gasteiger partial charge in [0.1, 0.15) is 6.10 Å². The van der Waals surface area contributed by atoms with Crippen molar-refractivity contribution in [3.05, 3.63) is 23.8 Å². The van der Waals surface area contributed by atoms with E-state index in [1.165, 1.54) is 14.0 Å². The normalized spacial score (nSPS) is 22.5. The maximum atomic E-state index is 11.5. The molecule has 2 N–H and O–H groups in total. The van der Waals surface area contributed by atoms with Gasteiger partial charge in [0.05, 0.1) is 13.2 Å².